The van der Waals surface area contributed by atoms with E-state index in [0.29, 0.717) is 21.7 Å². The number of hydrogen-bond donors (Lipinski definition) is 2. The van der Waals surface area contributed by atoms with Gasteiger partial charge in [0, 0.05) is 44.5 Å². The molecule has 1 spiro atoms. The molecule has 0 saturated heterocycles. The molecule has 0 bridgehead atoms. The predicted octanol–water partition coefficient (Wildman–Crippen LogP) is 5.90. The second-order valence-electron chi connectivity index (χ2n) is 9.65. The molecule has 8 nitrogen and oxygen atoms in total. The van der Waals surface area contributed by atoms with Crippen LogP contribution in [0.1, 0.15) is 21.5 Å². The van der Waals surface area contributed by atoms with E-state index in [9.17, 15) is 21.6 Å². The summed E-state index contributed by atoms with van der Waals surface area (Å²) in [6.45, 7) is 3.68. The molecule has 1 heterocycles. The summed E-state index contributed by atoms with van der Waals surface area (Å²) in [7, 11) is -8.04. The molecule has 2 atom stereocenters. The van der Waals surface area contributed by atoms with Crippen LogP contribution in [0.5, 0.6) is 5.75 Å². The third-order valence-electron chi connectivity index (χ3n) is 6.67. The number of carbonyl (C=O) groups is 1. The van der Waals surface area contributed by atoms with E-state index in [1.165, 1.54) is 24.3 Å². The summed E-state index contributed by atoms with van der Waals surface area (Å²) in [6.07, 6.45) is 7.47. The van der Waals surface area contributed by atoms with Crippen LogP contribution in [0, 0.1) is 30.6 Å². The van der Waals surface area contributed by atoms with Gasteiger partial charge in [-0.3, -0.25) is 13.9 Å². The minimum atomic E-state index is -4.02. The van der Waals surface area contributed by atoms with Gasteiger partial charge in [-0.25, -0.2) is 0 Å². The summed E-state index contributed by atoms with van der Waals surface area (Å²) in [6, 6.07) is 17.1. The molecule has 3 aromatic rings. The monoisotopic (exact) mass is 840 g/mol. The molecule has 2 aliphatic carbocycles. The smallest absolute Gasteiger partial charge is 0.294 e. The van der Waals surface area contributed by atoms with Crippen LogP contribution in [0.15, 0.2) is 101 Å². The van der Waals surface area contributed by atoms with Crippen LogP contribution in [-0.2, 0) is 20.2 Å². The predicted molar refractivity (Wildman–Crippen MR) is 161 cm³/mol. The van der Waals surface area contributed by atoms with Gasteiger partial charge in [-0.2, -0.15) is 16.8 Å². The van der Waals surface area contributed by atoms with Gasteiger partial charge in [-0.1, -0.05) is 47.0 Å². The Morgan fingerprint density at radius 3 is 1.69 bits per heavy atom. The first-order chi connectivity index (χ1) is 19.1. The van der Waals surface area contributed by atoms with Gasteiger partial charge in [-0.15, -0.1) is 0 Å². The number of rotatable bonds is 2. The van der Waals surface area contributed by atoms with Gasteiger partial charge in [0.2, 0.25) is 0 Å². The van der Waals surface area contributed by atoms with Gasteiger partial charge < -0.3 is 4.74 Å². The maximum atomic E-state index is 12.5. The Hall–Kier alpha value is -2.20. The first kappa shape index (κ1) is 34.3. The maximum Gasteiger partial charge on any atom is 0.294 e. The van der Waals surface area contributed by atoms with Crippen LogP contribution in [0.25, 0.3) is 0 Å². The van der Waals surface area contributed by atoms with E-state index in [1.807, 2.05) is 38.2 Å². The Labute approximate surface area is 275 Å². The van der Waals surface area contributed by atoms with Gasteiger partial charge in [-0.05, 0) is 67.9 Å². The first-order valence-corrected chi connectivity index (χ1v) is 15.7. The number of carbonyl (C=O) groups excluding carboxylic acids is 1. The van der Waals surface area contributed by atoms with Crippen molar-refractivity contribution in [2.75, 3.05) is 0 Å². The molecule has 217 valence electrons. The normalized spacial score (nSPS) is 19.1. The second kappa shape index (κ2) is 13.2. The van der Waals surface area contributed by atoms with E-state index in [0.717, 1.165) is 11.1 Å². The van der Waals surface area contributed by atoms with Gasteiger partial charge in [0.05, 0.1) is 27.5 Å². The molecule has 0 aromatic heterocycles. The van der Waals surface area contributed by atoms with E-state index in [4.69, 9.17) is 37.0 Å². The minimum absolute atomic E-state index is 0. The van der Waals surface area contributed by atoms with Crippen molar-refractivity contribution in [3.63, 3.8) is 0 Å². The average molecular weight is 841 g/mol. The summed E-state index contributed by atoms with van der Waals surface area (Å²) in [4.78, 5) is 12.4. The summed E-state index contributed by atoms with van der Waals surface area (Å²) in [5, 5.41) is 1.22. The van der Waals surface area contributed by atoms with Crippen molar-refractivity contribution < 1.29 is 35.5 Å². The molecule has 1 aliphatic heterocycles. The van der Waals surface area contributed by atoms with Crippen LogP contribution in [0.2, 0.25) is 5.02 Å². The quantitative estimate of drug-likeness (QED) is 0.185. The topological polar surface area (TPSA) is 135 Å². The zero-order valence-corrected chi connectivity index (χ0v) is 29.9. The average Bonchev–Trinajstić information content (AvgIpc) is 3.52. The third kappa shape index (κ3) is 7.84. The van der Waals surface area contributed by atoms with Crippen molar-refractivity contribution in [3.8, 4) is 5.75 Å². The van der Waals surface area contributed by atoms with E-state index >= 15 is 0 Å². The summed E-state index contributed by atoms with van der Waals surface area (Å²) in [5.74, 6) is 0.562. The van der Waals surface area contributed by atoms with E-state index in [-0.39, 0.29) is 60.3 Å². The number of aryl methyl sites for hydroxylation is 2. The van der Waals surface area contributed by atoms with Crippen molar-refractivity contribution in [2.24, 2.45) is 11.3 Å². The van der Waals surface area contributed by atoms with E-state index < -0.39 is 20.2 Å². The van der Waals surface area contributed by atoms with Crippen molar-refractivity contribution in [1.82, 2.24) is 0 Å². The van der Waals surface area contributed by atoms with Crippen LogP contribution in [0.4, 0.5) is 0 Å². The Morgan fingerprint density at radius 2 is 1.26 bits per heavy atom. The largest absolute Gasteiger partial charge is 0.485 e. The molecule has 1 radical (unpaired) electrons. The molecule has 3 aromatic carbocycles. The Bertz CT molecular complexity index is 1650. The van der Waals surface area contributed by atoms with Crippen molar-refractivity contribution in [2.45, 2.75) is 29.7 Å². The van der Waals surface area contributed by atoms with Crippen molar-refractivity contribution in [1.29, 1.82) is 0 Å². The minimum Gasteiger partial charge on any atom is -0.485 e. The molecule has 0 amide bonds. The van der Waals surface area contributed by atoms with E-state index in [1.54, 1.807) is 42.5 Å². The van der Waals surface area contributed by atoms with Crippen LogP contribution in [0.3, 0.4) is 0 Å². The fourth-order valence-electron chi connectivity index (χ4n) is 4.41. The van der Waals surface area contributed by atoms with Gasteiger partial charge in [0.1, 0.15) is 28.6 Å². The second-order valence-corrected chi connectivity index (χ2v) is 13.4. The molecular weight excluding hydrogens is 816 g/mol. The number of ketones is 1. The zero-order chi connectivity index (χ0) is 30.2. The zero-order valence-electron chi connectivity index (χ0n) is 22.3. The Morgan fingerprint density at radius 1 is 0.810 bits per heavy atom. The number of Topliss-reactive ketones (excluding diaryl/α,β-unsaturated/α-hetero) is 1. The van der Waals surface area contributed by atoms with Crippen LogP contribution >= 0.6 is 23.2 Å². The summed E-state index contributed by atoms with van der Waals surface area (Å²) >= 11 is 11.9. The summed E-state index contributed by atoms with van der Waals surface area (Å²) < 4.78 is 65.0. The molecule has 3 aliphatic rings. The Balaban J connectivity index is 0.000000183. The standard InChI is InChI=1S/C15H9Cl2O2.2C7H8O3S.Tl/c16-8-3-5-15(6-4-8)12-13(18)10-7-9(17)1-2-11(10)19-14(12)15;2*1-6-2-4-7(5-3-6)11(8,9)10;/h1-7,12,14H;2*2-5H,1H3,(H,8,9,10);/q+1;;;/t12-,14+;;;/m0.../s1. The number of ether oxygens (including phenoxy) is 1. The molecular formula is C29H25Cl2O8S2Tl+. The number of fused-ring (bicyclic) bond motifs is 4. The number of allylic oxidation sites excluding steroid dienone is 2. The molecule has 1 saturated carbocycles. The molecule has 42 heavy (non-hydrogen) atoms. The number of benzene rings is 3. The molecule has 13 heteroatoms. The van der Waals surface area contributed by atoms with Gasteiger partial charge in [0.25, 0.3) is 20.2 Å². The van der Waals surface area contributed by atoms with E-state index in [2.05, 4.69) is 0 Å². The van der Waals surface area contributed by atoms with Gasteiger partial charge >= 0.3 is 0 Å². The fourth-order valence-corrected chi connectivity index (χ4v) is 5.66. The van der Waals surface area contributed by atoms with Gasteiger partial charge in [0.15, 0.2) is 5.78 Å². The fraction of sp³-hybridized carbons (Fsp3) is 0.172. The molecule has 0 unspecified atom stereocenters. The van der Waals surface area contributed by atoms with Crippen LogP contribution in [-0.4, -0.2) is 65.1 Å². The molecule has 1 fully saturated rings. The Kier molecular flexibility index (Phi) is 10.8. The SMILES string of the molecule is Cc1ccc(S(=O)(=O)O)cc1.Cc1ccc(S(=O)(=O)O)cc1.O=C1c2cc(Cl)ccc2O[C@@H]2[C@H]1C21C=C[C+](Cl)C=C1.[Tl]. The molecule has 2 N–H and O–H groups in total. The number of halogens is 2. The van der Waals surface area contributed by atoms with Crippen molar-refractivity contribution in [3.05, 3.63) is 118 Å². The summed E-state index contributed by atoms with van der Waals surface area (Å²) in [5.41, 5.74) is 2.16. The maximum absolute atomic E-state index is 12.5. The van der Waals surface area contributed by atoms with Crippen LogP contribution < -0.4 is 4.74 Å². The van der Waals surface area contributed by atoms with Crippen molar-refractivity contribution >= 4 is 76.5 Å². The third-order valence-corrected chi connectivity index (χ3v) is 8.89. The molecule has 6 rings (SSSR count). The first-order valence-electron chi connectivity index (χ1n) is 12.1. The number of hydrogen-bond acceptors (Lipinski definition) is 6.